The van der Waals surface area contributed by atoms with Crippen LogP contribution >= 0.6 is 27.7 Å². The van der Waals surface area contributed by atoms with Crippen molar-refractivity contribution in [3.8, 4) is 0 Å². The fraction of sp³-hybridized carbons (Fsp3) is 0.417. The Morgan fingerprint density at radius 1 is 1.44 bits per heavy atom. The quantitative estimate of drug-likeness (QED) is 0.767. The van der Waals surface area contributed by atoms with Crippen molar-refractivity contribution in [2.45, 2.75) is 24.5 Å². The summed E-state index contributed by atoms with van der Waals surface area (Å²) in [4.78, 5) is 12.1. The van der Waals surface area contributed by atoms with Crippen molar-refractivity contribution in [1.29, 1.82) is 0 Å². The summed E-state index contributed by atoms with van der Waals surface area (Å²) >= 11 is 4.91. The number of hydrogen-bond acceptors (Lipinski definition) is 2. The highest BCUT2D eigenvalue weighted by atomic mass is 79.9. The average molecular weight is 303 g/mol. The van der Waals surface area contributed by atoms with Gasteiger partial charge in [-0.2, -0.15) is 11.8 Å². The molecular weight excluding hydrogens is 291 g/mol. The number of rotatable bonds is 2. The largest absolute Gasteiger partial charge is 0.293 e. The first-order valence-electron chi connectivity index (χ1n) is 5.29. The first-order chi connectivity index (χ1) is 7.68. The van der Waals surface area contributed by atoms with Crippen molar-refractivity contribution in [3.05, 3.63) is 34.1 Å². The molecule has 1 aromatic carbocycles. The molecule has 0 saturated carbocycles. The van der Waals surface area contributed by atoms with Crippen LogP contribution in [0, 0.1) is 5.82 Å². The number of halogens is 2. The molecule has 0 bridgehead atoms. The van der Waals surface area contributed by atoms with Crippen molar-refractivity contribution >= 4 is 33.5 Å². The predicted octanol–water partition coefficient (Wildman–Crippen LogP) is 4.06. The van der Waals surface area contributed by atoms with Crippen LogP contribution in [0.1, 0.15) is 29.6 Å². The van der Waals surface area contributed by atoms with Crippen molar-refractivity contribution in [2.24, 2.45) is 0 Å². The van der Waals surface area contributed by atoms with Gasteiger partial charge in [-0.1, -0.05) is 22.4 Å². The van der Waals surface area contributed by atoms with Gasteiger partial charge in [0, 0.05) is 4.47 Å². The minimum absolute atomic E-state index is 0.0578. The molecule has 1 fully saturated rings. The maximum absolute atomic E-state index is 13.5. The molecular formula is C12H12BrFOS. The third kappa shape index (κ3) is 2.66. The average Bonchev–Trinajstić information content (AvgIpc) is 2.32. The molecule has 86 valence electrons. The van der Waals surface area contributed by atoms with Gasteiger partial charge < -0.3 is 0 Å². The van der Waals surface area contributed by atoms with Crippen LogP contribution in [-0.4, -0.2) is 16.8 Å². The molecule has 0 aliphatic carbocycles. The molecule has 1 nitrogen and oxygen atoms in total. The van der Waals surface area contributed by atoms with E-state index in [1.807, 2.05) is 0 Å². The molecule has 1 saturated heterocycles. The standard InChI is InChI=1S/C12H12BrFOS/c13-8-4-5-10(14)9(7-8)12(15)11-3-1-2-6-16-11/h4-5,7,11H,1-3,6H2. The molecule has 1 aliphatic rings. The number of carbonyl (C=O) groups excluding carboxylic acids is 1. The molecule has 0 aromatic heterocycles. The van der Waals surface area contributed by atoms with Crippen LogP contribution in [0.4, 0.5) is 4.39 Å². The van der Waals surface area contributed by atoms with E-state index in [-0.39, 0.29) is 16.6 Å². The van der Waals surface area contributed by atoms with Crippen LogP contribution in [0.3, 0.4) is 0 Å². The topological polar surface area (TPSA) is 17.1 Å². The summed E-state index contributed by atoms with van der Waals surface area (Å²) < 4.78 is 14.3. The van der Waals surface area contributed by atoms with E-state index in [0.717, 1.165) is 29.5 Å². The predicted molar refractivity (Wildman–Crippen MR) is 68.5 cm³/mol. The van der Waals surface area contributed by atoms with Gasteiger partial charge in [0.2, 0.25) is 0 Å². The van der Waals surface area contributed by atoms with E-state index in [1.54, 1.807) is 23.9 Å². The monoisotopic (exact) mass is 302 g/mol. The Balaban J connectivity index is 2.22. The van der Waals surface area contributed by atoms with Gasteiger partial charge in [0.25, 0.3) is 0 Å². The normalized spacial score (nSPS) is 20.8. The van der Waals surface area contributed by atoms with E-state index >= 15 is 0 Å². The van der Waals surface area contributed by atoms with E-state index in [4.69, 9.17) is 0 Å². The fourth-order valence-electron chi connectivity index (χ4n) is 1.81. The highest BCUT2D eigenvalue weighted by Gasteiger charge is 2.25. The highest BCUT2D eigenvalue weighted by Crippen LogP contribution is 2.29. The fourth-order valence-corrected chi connectivity index (χ4v) is 3.44. The molecule has 1 aliphatic heterocycles. The molecule has 0 N–H and O–H groups in total. The lowest BCUT2D eigenvalue weighted by Crippen LogP contribution is -2.22. The van der Waals surface area contributed by atoms with Gasteiger partial charge in [0.1, 0.15) is 5.82 Å². The number of benzene rings is 1. The lowest BCUT2D eigenvalue weighted by molar-refractivity contribution is 0.0981. The van der Waals surface area contributed by atoms with Crippen LogP contribution in [0.15, 0.2) is 22.7 Å². The molecule has 0 amide bonds. The minimum Gasteiger partial charge on any atom is -0.293 e. The van der Waals surface area contributed by atoms with Crippen molar-refractivity contribution in [2.75, 3.05) is 5.75 Å². The van der Waals surface area contributed by atoms with E-state index in [2.05, 4.69) is 15.9 Å². The van der Waals surface area contributed by atoms with E-state index in [1.165, 1.54) is 6.07 Å². The zero-order valence-electron chi connectivity index (χ0n) is 8.71. The number of ketones is 1. The third-order valence-corrected chi connectivity index (χ3v) is 4.54. The molecule has 2 rings (SSSR count). The van der Waals surface area contributed by atoms with Crippen LogP contribution in [-0.2, 0) is 0 Å². The zero-order valence-corrected chi connectivity index (χ0v) is 11.1. The molecule has 1 unspecified atom stereocenters. The zero-order chi connectivity index (χ0) is 11.5. The van der Waals surface area contributed by atoms with E-state index < -0.39 is 5.82 Å². The number of Topliss-reactive ketones (excluding diaryl/α,β-unsaturated/α-hetero) is 1. The maximum Gasteiger partial charge on any atom is 0.178 e. The maximum atomic E-state index is 13.5. The highest BCUT2D eigenvalue weighted by molar-refractivity contribution is 9.10. The van der Waals surface area contributed by atoms with E-state index in [0.29, 0.717) is 0 Å². The smallest absolute Gasteiger partial charge is 0.178 e. The van der Waals surface area contributed by atoms with Gasteiger partial charge in [0.05, 0.1) is 10.8 Å². The molecule has 1 aromatic rings. The van der Waals surface area contributed by atoms with Gasteiger partial charge in [-0.3, -0.25) is 4.79 Å². The second-order valence-corrected chi connectivity index (χ2v) is 6.07. The lowest BCUT2D eigenvalue weighted by atomic mass is 10.0. The molecule has 1 heterocycles. The number of carbonyl (C=O) groups is 1. The number of thioether (sulfide) groups is 1. The van der Waals surface area contributed by atoms with Crippen LogP contribution in [0.25, 0.3) is 0 Å². The van der Waals surface area contributed by atoms with Crippen molar-refractivity contribution in [1.82, 2.24) is 0 Å². The van der Waals surface area contributed by atoms with Gasteiger partial charge in [0.15, 0.2) is 5.78 Å². The summed E-state index contributed by atoms with van der Waals surface area (Å²) in [7, 11) is 0. The van der Waals surface area contributed by atoms with Crippen LogP contribution < -0.4 is 0 Å². The summed E-state index contributed by atoms with van der Waals surface area (Å²) in [6.07, 6.45) is 3.10. The minimum atomic E-state index is -0.417. The first kappa shape index (κ1) is 12.1. The Morgan fingerprint density at radius 2 is 2.25 bits per heavy atom. The Morgan fingerprint density at radius 3 is 2.94 bits per heavy atom. The Kier molecular flexibility index (Phi) is 4.03. The number of hydrogen-bond donors (Lipinski definition) is 0. The molecule has 0 spiro atoms. The Labute approximate surface area is 107 Å². The summed E-state index contributed by atoms with van der Waals surface area (Å²) in [5.74, 6) is 0.523. The van der Waals surface area contributed by atoms with Crippen LogP contribution in [0.5, 0.6) is 0 Å². The van der Waals surface area contributed by atoms with Gasteiger partial charge in [-0.25, -0.2) is 4.39 Å². The molecule has 1 atom stereocenters. The molecule has 16 heavy (non-hydrogen) atoms. The SMILES string of the molecule is O=C(c1cc(Br)ccc1F)C1CCCCS1. The van der Waals surface area contributed by atoms with Gasteiger partial charge >= 0.3 is 0 Å². The van der Waals surface area contributed by atoms with E-state index in [9.17, 15) is 9.18 Å². The second-order valence-electron chi connectivity index (χ2n) is 3.84. The Bertz CT molecular complexity index is 402. The van der Waals surface area contributed by atoms with Crippen molar-refractivity contribution < 1.29 is 9.18 Å². The lowest BCUT2D eigenvalue weighted by Gasteiger charge is -2.20. The Hall–Kier alpha value is -0.350. The summed E-state index contributed by atoms with van der Waals surface area (Å²) in [5, 5.41) is -0.0578. The third-order valence-electron chi connectivity index (χ3n) is 2.67. The second kappa shape index (κ2) is 5.32. The molecule has 0 radical (unpaired) electrons. The first-order valence-corrected chi connectivity index (χ1v) is 7.13. The summed E-state index contributed by atoms with van der Waals surface area (Å²) in [5.41, 5.74) is 0.216. The summed E-state index contributed by atoms with van der Waals surface area (Å²) in [6, 6.07) is 4.53. The van der Waals surface area contributed by atoms with Gasteiger partial charge in [-0.05, 0) is 36.8 Å². The van der Waals surface area contributed by atoms with Crippen molar-refractivity contribution in [3.63, 3.8) is 0 Å². The van der Waals surface area contributed by atoms with Crippen LogP contribution in [0.2, 0.25) is 0 Å². The summed E-state index contributed by atoms with van der Waals surface area (Å²) in [6.45, 7) is 0. The molecule has 4 heteroatoms. The van der Waals surface area contributed by atoms with Gasteiger partial charge in [-0.15, -0.1) is 0 Å².